The molecule has 0 spiro atoms. The summed E-state index contributed by atoms with van der Waals surface area (Å²) < 4.78 is 11.1. The first kappa shape index (κ1) is 31.0. The number of Topliss-reactive ketones (excluding diaryl/α,β-unsaturated/α-hetero) is 2. The van der Waals surface area contributed by atoms with Crippen LogP contribution in [0, 0.1) is 0 Å². The molecule has 0 amide bonds. The van der Waals surface area contributed by atoms with Crippen molar-refractivity contribution in [1.29, 1.82) is 0 Å². The number of carbonyl (C=O) groups is 2. The Balaban J connectivity index is 1.51. The summed E-state index contributed by atoms with van der Waals surface area (Å²) in [5.41, 5.74) is 4.53. The van der Waals surface area contributed by atoms with Gasteiger partial charge in [-0.15, -0.1) is 10.2 Å². The third-order valence-electron chi connectivity index (χ3n) is 9.41. The first-order valence-electron chi connectivity index (χ1n) is 16.5. The Morgan fingerprint density at radius 1 is 0.580 bits per heavy atom. The van der Waals surface area contributed by atoms with Gasteiger partial charge in [-0.25, -0.2) is 0 Å². The normalized spacial score (nSPS) is 13.5. The summed E-state index contributed by atoms with van der Waals surface area (Å²) in [4.78, 5) is 39.8. The van der Waals surface area contributed by atoms with Crippen LogP contribution in [0.25, 0.3) is 44.4 Å². The fourth-order valence-corrected chi connectivity index (χ4v) is 6.96. The molecule has 244 valence electrons. The zero-order valence-electron chi connectivity index (χ0n) is 27.6. The van der Waals surface area contributed by atoms with Gasteiger partial charge in [-0.3, -0.25) is 19.6 Å². The maximum atomic E-state index is 15.4. The number of aromatic nitrogens is 2. The fourth-order valence-electron chi connectivity index (χ4n) is 6.96. The number of methoxy groups -OCH3 is 2. The van der Waals surface area contributed by atoms with E-state index in [0.29, 0.717) is 92.3 Å². The van der Waals surface area contributed by atoms with Crippen molar-refractivity contribution >= 4 is 33.5 Å². The van der Waals surface area contributed by atoms with E-state index in [0.717, 1.165) is 21.9 Å². The van der Waals surface area contributed by atoms with E-state index in [9.17, 15) is 0 Å². The fraction of sp³-hybridized carbons (Fsp3) is 0.143. The zero-order chi connectivity index (χ0) is 34.2. The predicted octanol–water partition coefficient (Wildman–Crippen LogP) is 5.09. The lowest BCUT2D eigenvalue weighted by atomic mass is 9.84. The number of benzene rings is 5. The summed E-state index contributed by atoms with van der Waals surface area (Å²) in [6.07, 6.45) is 0.832. The molecule has 3 heterocycles. The van der Waals surface area contributed by atoms with Gasteiger partial charge in [0.2, 0.25) is 0 Å². The van der Waals surface area contributed by atoms with Gasteiger partial charge in [-0.1, -0.05) is 66.7 Å². The summed E-state index contributed by atoms with van der Waals surface area (Å²) in [6, 6.07) is 34.3. The van der Waals surface area contributed by atoms with Gasteiger partial charge in [-0.05, 0) is 55.3 Å². The number of hydrogen-bond donors (Lipinski definition) is 0. The molecule has 0 saturated carbocycles. The van der Waals surface area contributed by atoms with Crippen molar-refractivity contribution in [1.82, 2.24) is 10.2 Å². The second kappa shape index (κ2) is 13.0. The van der Waals surface area contributed by atoms with Crippen molar-refractivity contribution < 1.29 is 19.1 Å². The van der Waals surface area contributed by atoms with Crippen LogP contribution in [0.15, 0.2) is 119 Å². The summed E-state index contributed by atoms with van der Waals surface area (Å²) >= 11 is 0. The quantitative estimate of drug-likeness (QED) is 0.212. The third-order valence-corrected chi connectivity index (χ3v) is 9.41. The lowest BCUT2D eigenvalue weighted by Crippen LogP contribution is -2.35. The van der Waals surface area contributed by atoms with Gasteiger partial charge in [0.15, 0.2) is 11.6 Å². The van der Waals surface area contributed by atoms with Crippen molar-refractivity contribution in [2.75, 3.05) is 27.3 Å². The third kappa shape index (κ3) is 5.35. The summed E-state index contributed by atoms with van der Waals surface area (Å²) in [7, 11) is 3.20. The highest BCUT2D eigenvalue weighted by Gasteiger charge is 2.30. The number of fused-ring (bicyclic) bond motifs is 3. The van der Waals surface area contributed by atoms with Crippen LogP contribution in [0.4, 0.5) is 0 Å². The van der Waals surface area contributed by atoms with Gasteiger partial charge in [0.1, 0.15) is 22.9 Å². The monoisotopic (exact) mass is 656 g/mol. The molecular weight excluding hydrogens is 624 g/mol. The molecule has 8 rings (SSSR count). The summed E-state index contributed by atoms with van der Waals surface area (Å²) in [6.45, 7) is 0.906. The molecule has 2 aliphatic heterocycles. The predicted molar refractivity (Wildman–Crippen MR) is 192 cm³/mol. The molecule has 0 saturated heterocycles. The molecule has 0 radical (unpaired) electrons. The van der Waals surface area contributed by atoms with Crippen molar-refractivity contribution in [2.24, 2.45) is 9.98 Å². The standard InChI is InChI=1S/C42H32N4O4/c1-49-27-13-17-35-33(23-27)29(19-21-43-35)41(47)32-16-15-31-37(38(32)42(48)30-20-22-44-36-18-14-28(50-2)24-34(30)36)40(26-11-7-4-8-12-26)46-45-39(31)25-9-5-3-6-10-25/h3-18,23-24H,19-22H2,1-2H3. The Bertz CT molecular complexity index is 2600. The molecule has 2 aliphatic rings. The van der Waals surface area contributed by atoms with Gasteiger partial charge in [0, 0.05) is 67.7 Å². The first-order valence-corrected chi connectivity index (χ1v) is 16.5. The maximum Gasteiger partial charge on any atom is 0.191 e. The van der Waals surface area contributed by atoms with Crippen molar-refractivity contribution in [3.8, 4) is 34.0 Å². The van der Waals surface area contributed by atoms with E-state index in [-0.39, 0.29) is 11.6 Å². The molecule has 5 aromatic carbocycles. The highest BCUT2D eigenvalue weighted by atomic mass is 16.5. The molecule has 0 aliphatic carbocycles. The Hall–Kier alpha value is -6.28. The highest BCUT2D eigenvalue weighted by molar-refractivity contribution is 6.37. The Kier molecular flexibility index (Phi) is 8.04. The number of hydrogen-bond acceptors (Lipinski definition) is 8. The van der Waals surface area contributed by atoms with E-state index < -0.39 is 0 Å². The summed E-state index contributed by atoms with van der Waals surface area (Å²) in [5, 5.41) is 13.6. The van der Waals surface area contributed by atoms with Crippen LogP contribution >= 0.6 is 0 Å². The van der Waals surface area contributed by atoms with Gasteiger partial charge < -0.3 is 9.47 Å². The summed E-state index contributed by atoms with van der Waals surface area (Å²) in [5.74, 6) is 0.764. The van der Waals surface area contributed by atoms with Gasteiger partial charge in [0.25, 0.3) is 0 Å². The molecule has 0 N–H and O–H groups in total. The van der Waals surface area contributed by atoms with Crippen LogP contribution in [-0.4, -0.2) is 49.1 Å². The SMILES string of the molecule is COc1ccc2c(c1)=C(C(=O)c1ccc3c(-c4ccccc4)nnc(-c4ccccc4)c3c1C(=O)C1=c3cc(OC)ccc3=NCC1)CCN=2. The lowest BCUT2D eigenvalue weighted by molar-refractivity contribution is 0.102. The smallest absolute Gasteiger partial charge is 0.191 e. The van der Waals surface area contributed by atoms with Crippen LogP contribution in [0.1, 0.15) is 33.6 Å². The van der Waals surface area contributed by atoms with Crippen LogP contribution in [0.3, 0.4) is 0 Å². The number of ether oxygens (including phenoxy) is 2. The van der Waals surface area contributed by atoms with Crippen LogP contribution in [-0.2, 0) is 0 Å². The Morgan fingerprint density at radius 2 is 1.10 bits per heavy atom. The molecule has 50 heavy (non-hydrogen) atoms. The minimum Gasteiger partial charge on any atom is -0.497 e. The van der Waals surface area contributed by atoms with E-state index in [1.54, 1.807) is 20.3 Å². The van der Waals surface area contributed by atoms with Crippen molar-refractivity contribution in [2.45, 2.75) is 12.8 Å². The number of ketones is 2. The molecule has 0 fully saturated rings. The average Bonchev–Trinajstić information content (AvgIpc) is 3.19. The van der Waals surface area contributed by atoms with Gasteiger partial charge >= 0.3 is 0 Å². The molecular formula is C42H32N4O4. The second-order valence-electron chi connectivity index (χ2n) is 12.2. The largest absolute Gasteiger partial charge is 0.497 e. The van der Waals surface area contributed by atoms with E-state index >= 15 is 9.59 Å². The molecule has 0 bridgehead atoms. The Morgan fingerprint density at radius 3 is 1.66 bits per heavy atom. The zero-order valence-corrected chi connectivity index (χ0v) is 27.6. The van der Waals surface area contributed by atoms with Crippen molar-refractivity contribution in [3.63, 3.8) is 0 Å². The second-order valence-corrected chi connectivity index (χ2v) is 12.2. The number of nitrogens with zero attached hydrogens (tertiary/aromatic N) is 4. The molecule has 0 atom stereocenters. The van der Waals surface area contributed by atoms with E-state index in [1.807, 2.05) is 103 Å². The van der Waals surface area contributed by atoms with Gasteiger partial charge in [-0.2, -0.15) is 0 Å². The average molecular weight is 657 g/mol. The van der Waals surface area contributed by atoms with Crippen molar-refractivity contribution in [3.05, 3.63) is 141 Å². The minimum atomic E-state index is -0.250. The highest BCUT2D eigenvalue weighted by Crippen LogP contribution is 2.38. The first-order chi connectivity index (χ1) is 24.6. The molecule has 1 aromatic heterocycles. The molecule has 6 aromatic rings. The van der Waals surface area contributed by atoms with Gasteiger partial charge in [0.05, 0.1) is 24.9 Å². The van der Waals surface area contributed by atoms with Crippen LogP contribution in [0.2, 0.25) is 0 Å². The molecule has 8 nitrogen and oxygen atoms in total. The molecule has 8 heteroatoms. The lowest BCUT2D eigenvalue weighted by Gasteiger charge is -2.19. The van der Waals surface area contributed by atoms with E-state index in [1.165, 1.54) is 0 Å². The van der Waals surface area contributed by atoms with Crippen LogP contribution < -0.4 is 30.6 Å². The molecule has 0 unspecified atom stereocenters. The maximum absolute atomic E-state index is 15.4. The number of rotatable bonds is 8. The topological polar surface area (TPSA) is 103 Å². The van der Waals surface area contributed by atoms with E-state index in [2.05, 4.69) is 4.99 Å². The minimum absolute atomic E-state index is 0.233. The van der Waals surface area contributed by atoms with Crippen LogP contribution in [0.5, 0.6) is 11.5 Å². The van der Waals surface area contributed by atoms with E-state index in [4.69, 9.17) is 24.7 Å². The number of carbonyl (C=O) groups excluding carboxylic acids is 2. The Labute approximate surface area is 287 Å².